The number of anilines is 1. The molecule has 0 atom stereocenters. The molecule has 1 aromatic heterocycles. The molecule has 0 bridgehead atoms. The lowest BCUT2D eigenvalue weighted by molar-refractivity contribution is -0.118. The Labute approximate surface area is 167 Å². The number of halogens is 1. The summed E-state index contributed by atoms with van der Waals surface area (Å²) < 4.78 is 10.8. The summed E-state index contributed by atoms with van der Waals surface area (Å²) in [6.45, 7) is -0.0982. The van der Waals surface area contributed by atoms with E-state index in [1.54, 1.807) is 31.4 Å². The highest BCUT2D eigenvalue weighted by atomic mass is 35.5. The van der Waals surface area contributed by atoms with Gasteiger partial charge in [-0.05, 0) is 61.4 Å². The Morgan fingerprint density at radius 3 is 2.46 bits per heavy atom. The molecule has 1 amide bonds. The van der Waals surface area contributed by atoms with Crippen molar-refractivity contribution in [2.24, 2.45) is 0 Å². The van der Waals surface area contributed by atoms with Gasteiger partial charge in [0.1, 0.15) is 17.2 Å². The Morgan fingerprint density at radius 2 is 1.82 bits per heavy atom. The molecular formula is C21H20ClN3O3. The minimum absolute atomic E-state index is 0.0982. The van der Waals surface area contributed by atoms with Crippen molar-refractivity contribution in [1.29, 1.82) is 0 Å². The van der Waals surface area contributed by atoms with Crippen molar-refractivity contribution in [3.05, 3.63) is 59.2 Å². The molecule has 0 unspecified atom stereocenters. The van der Waals surface area contributed by atoms with Crippen LogP contribution in [-0.2, 0) is 4.79 Å². The first-order valence-electron chi connectivity index (χ1n) is 9.05. The largest absolute Gasteiger partial charge is 0.497 e. The van der Waals surface area contributed by atoms with Gasteiger partial charge in [-0.25, -0.2) is 0 Å². The fourth-order valence-electron chi connectivity index (χ4n) is 2.96. The van der Waals surface area contributed by atoms with Crippen LogP contribution in [0, 0.1) is 0 Å². The number of amides is 1. The zero-order valence-corrected chi connectivity index (χ0v) is 16.1. The first kappa shape index (κ1) is 18.4. The van der Waals surface area contributed by atoms with Gasteiger partial charge < -0.3 is 14.8 Å². The molecule has 2 N–H and O–H groups in total. The van der Waals surface area contributed by atoms with Gasteiger partial charge in [-0.3, -0.25) is 9.89 Å². The summed E-state index contributed by atoms with van der Waals surface area (Å²) in [5.41, 5.74) is 3.30. The first-order chi connectivity index (χ1) is 13.6. The monoisotopic (exact) mass is 397 g/mol. The fraction of sp³-hybridized carbons (Fsp3) is 0.238. The second kappa shape index (κ2) is 7.94. The molecule has 2 aromatic carbocycles. The third kappa shape index (κ3) is 4.12. The zero-order chi connectivity index (χ0) is 19.5. The summed E-state index contributed by atoms with van der Waals surface area (Å²) in [5, 5.41) is 11.1. The summed E-state index contributed by atoms with van der Waals surface area (Å²) in [6, 6.07) is 14.5. The lowest BCUT2D eigenvalue weighted by atomic mass is 10.1. The second-order valence-corrected chi connectivity index (χ2v) is 7.09. The molecule has 1 fully saturated rings. The molecule has 0 aliphatic heterocycles. The third-order valence-electron chi connectivity index (χ3n) is 4.59. The highest BCUT2D eigenvalue weighted by molar-refractivity contribution is 6.30. The molecular weight excluding hydrogens is 378 g/mol. The summed E-state index contributed by atoms with van der Waals surface area (Å²) in [4.78, 5) is 12.5. The number of ether oxygens (including phenoxy) is 2. The van der Waals surface area contributed by atoms with E-state index in [0.717, 1.165) is 35.5 Å². The minimum atomic E-state index is -0.243. The summed E-state index contributed by atoms with van der Waals surface area (Å²) >= 11 is 5.86. The molecule has 7 heteroatoms. The molecule has 1 aliphatic rings. The van der Waals surface area contributed by atoms with E-state index in [9.17, 15) is 4.79 Å². The van der Waals surface area contributed by atoms with E-state index in [1.165, 1.54) is 0 Å². The quantitative estimate of drug-likeness (QED) is 0.609. The van der Waals surface area contributed by atoms with Gasteiger partial charge in [0, 0.05) is 16.5 Å². The lowest BCUT2D eigenvalue weighted by Crippen LogP contribution is -2.21. The molecule has 1 aliphatic carbocycles. The van der Waals surface area contributed by atoms with Gasteiger partial charge in [0.2, 0.25) is 0 Å². The smallest absolute Gasteiger partial charge is 0.262 e. The van der Waals surface area contributed by atoms with Gasteiger partial charge in [-0.1, -0.05) is 11.6 Å². The van der Waals surface area contributed by atoms with E-state index in [0.29, 0.717) is 22.4 Å². The van der Waals surface area contributed by atoms with Crippen LogP contribution < -0.4 is 14.8 Å². The number of rotatable bonds is 7. The van der Waals surface area contributed by atoms with Crippen molar-refractivity contribution in [2.45, 2.75) is 18.8 Å². The topological polar surface area (TPSA) is 76.2 Å². The fourth-order valence-corrected chi connectivity index (χ4v) is 3.09. The van der Waals surface area contributed by atoms with E-state index >= 15 is 0 Å². The highest BCUT2D eigenvalue weighted by Gasteiger charge is 2.31. The van der Waals surface area contributed by atoms with Crippen molar-refractivity contribution in [3.8, 4) is 22.8 Å². The number of benzene rings is 2. The third-order valence-corrected chi connectivity index (χ3v) is 4.84. The van der Waals surface area contributed by atoms with E-state index in [-0.39, 0.29) is 12.5 Å². The molecule has 28 heavy (non-hydrogen) atoms. The molecule has 4 rings (SSSR count). The van der Waals surface area contributed by atoms with Crippen LogP contribution in [0.4, 0.5) is 5.69 Å². The predicted octanol–water partition coefficient (Wildman–Crippen LogP) is 4.63. The summed E-state index contributed by atoms with van der Waals surface area (Å²) in [5.74, 6) is 1.52. The number of carbonyl (C=O) groups excluding carboxylic acids is 1. The molecule has 0 radical (unpaired) electrons. The van der Waals surface area contributed by atoms with Crippen LogP contribution in [0.15, 0.2) is 48.5 Å². The average Bonchev–Trinajstić information content (AvgIpc) is 3.48. The Morgan fingerprint density at radius 1 is 1.14 bits per heavy atom. The van der Waals surface area contributed by atoms with Gasteiger partial charge in [-0.15, -0.1) is 0 Å². The maximum absolute atomic E-state index is 12.5. The van der Waals surface area contributed by atoms with Crippen LogP contribution in [0.2, 0.25) is 5.02 Å². The van der Waals surface area contributed by atoms with Crippen LogP contribution in [0.5, 0.6) is 11.5 Å². The second-order valence-electron chi connectivity index (χ2n) is 6.65. The van der Waals surface area contributed by atoms with Gasteiger partial charge in [-0.2, -0.15) is 5.10 Å². The van der Waals surface area contributed by atoms with E-state index in [4.69, 9.17) is 21.1 Å². The van der Waals surface area contributed by atoms with Crippen molar-refractivity contribution < 1.29 is 14.3 Å². The molecule has 0 spiro atoms. The van der Waals surface area contributed by atoms with E-state index < -0.39 is 0 Å². The maximum Gasteiger partial charge on any atom is 0.262 e. The number of nitrogens with zero attached hydrogens (tertiary/aromatic N) is 1. The van der Waals surface area contributed by atoms with Crippen LogP contribution >= 0.6 is 11.6 Å². The highest BCUT2D eigenvalue weighted by Crippen LogP contribution is 2.45. The van der Waals surface area contributed by atoms with Crippen LogP contribution in [-0.4, -0.2) is 29.8 Å². The SMILES string of the molecule is COc1ccc(-c2n[nH]c(C3CC3)c2NC(=O)COc2ccc(Cl)cc2)cc1. The number of aromatic nitrogens is 2. The minimum Gasteiger partial charge on any atom is -0.497 e. The van der Waals surface area contributed by atoms with Gasteiger partial charge in [0.15, 0.2) is 6.61 Å². The van der Waals surface area contributed by atoms with Gasteiger partial charge in [0.25, 0.3) is 5.91 Å². The van der Waals surface area contributed by atoms with Crippen molar-refractivity contribution in [2.75, 3.05) is 19.0 Å². The van der Waals surface area contributed by atoms with Crippen LogP contribution in [0.1, 0.15) is 24.5 Å². The number of methoxy groups -OCH3 is 1. The Balaban J connectivity index is 1.51. The number of hydrogen-bond acceptors (Lipinski definition) is 4. The normalized spacial score (nSPS) is 13.2. The number of nitrogens with one attached hydrogen (secondary N) is 2. The predicted molar refractivity (Wildman–Crippen MR) is 108 cm³/mol. The first-order valence-corrected chi connectivity index (χ1v) is 9.42. The van der Waals surface area contributed by atoms with Crippen molar-refractivity contribution in [1.82, 2.24) is 10.2 Å². The summed E-state index contributed by atoms with van der Waals surface area (Å²) in [6.07, 6.45) is 2.18. The van der Waals surface area contributed by atoms with Crippen molar-refractivity contribution in [3.63, 3.8) is 0 Å². The molecule has 1 heterocycles. The summed E-state index contributed by atoms with van der Waals surface area (Å²) in [7, 11) is 1.63. The number of aromatic amines is 1. The van der Waals surface area contributed by atoms with Gasteiger partial charge >= 0.3 is 0 Å². The number of H-pyrrole nitrogens is 1. The standard InChI is InChI=1S/C21H20ClN3O3/c1-27-16-8-4-14(5-9-16)20-21(19(24-25-20)13-2-3-13)23-18(26)12-28-17-10-6-15(22)7-11-17/h4-11,13H,2-3,12H2,1H3,(H,23,26)(H,24,25). The van der Waals surface area contributed by atoms with Crippen LogP contribution in [0.3, 0.4) is 0 Å². The van der Waals surface area contributed by atoms with Gasteiger partial charge in [0.05, 0.1) is 18.5 Å². The van der Waals surface area contributed by atoms with E-state index in [2.05, 4.69) is 15.5 Å². The van der Waals surface area contributed by atoms with E-state index in [1.807, 2.05) is 24.3 Å². The lowest BCUT2D eigenvalue weighted by Gasteiger charge is -2.10. The molecule has 0 saturated heterocycles. The number of carbonyl (C=O) groups is 1. The zero-order valence-electron chi connectivity index (χ0n) is 15.4. The van der Waals surface area contributed by atoms with Crippen molar-refractivity contribution >= 4 is 23.2 Å². The molecule has 1 saturated carbocycles. The Hall–Kier alpha value is -2.99. The Bertz CT molecular complexity index is 964. The number of hydrogen-bond donors (Lipinski definition) is 2. The molecule has 3 aromatic rings. The molecule has 6 nitrogen and oxygen atoms in total. The van der Waals surface area contributed by atoms with Crippen LogP contribution in [0.25, 0.3) is 11.3 Å². The maximum atomic E-state index is 12.5. The Kier molecular flexibility index (Phi) is 5.21. The molecule has 144 valence electrons. The average molecular weight is 398 g/mol.